The van der Waals surface area contributed by atoms with Crippen LogP contribution >= 0.6 is 0 Å². The van der Waals surface area contributed by atoms with E-state index in [-0.39, 0.29) is 5.41 Å². The van der Waals surface area contributed by atoms with Gasteiger partial charge in [0.25, 0.3) is 0 Å². The van der Waals surface area contributed by atoms with Gasteiger partial charge >= 0.3 is 0 Å². The summed E-state index contributed by atoms with van der Waals surface area (Å²) in [6, 6.07) is 48.7. The molecule has 0 N–H and O–H groups in total. The van der Waals surface area contributed by atoms with Crippen LogP contribution in [0.1, 0.15) is 33.4 Å². The molecule has 0 saturated carbocycles. The van der Waals surface area contributed by atoms with Crippen LogP contribution in [0.25, 0.3) is 11.1 Å². The molecule has 0 aliphatic heterocycles. The standard InChI is InChI=1S/C32H24/c1-4-12-24(13-5-1)22-25-20-21-29-28-18-10-11-19-30(28)32(31(29)23-25,26-14-6-2-7-15-26)27-16-8-3-9-17-27/h1-21,23H,22H2. The van der Waals surface area contributed by atoms with Crippen LogP contribution in [0.15, 0.2) is 133 Å². The van der Waals surface area contributed by atoms with Crippen molar-refractivity contribution in [1.82, 2.24) is 0 Å². The minimum absolute atomic E-state index is 0.318. The van der Waals surface area contributed by atoms with E-state index in [0.717, 1.165) is 6.42 Å². The smallest absolute Gasteiger partial charge is 0.0622 e. The van der Waals surface area contributed by atoms with Gasteiger partial charge in [-0.1, -0.05) is 133 Å². The van der Waals surface area contributed by atoms with Crippen LogP contribution in [0.5, 0.6) is 0 Å². The van der Waals surface area contributed by atoms with E-state index in [0.29, 0.717) is 0 Å². The molecule has 5 aromatic carbocycles. The summed E-state index contributed by atoms with van der Waals surface area (Å²) >= 11 is 0. The van der Waals surface area contributed by atoms with Crippen LogP contribution in [0, 0.1) is 0 Å². The molecule has 0 heterocycles. The molecule has 0 saturated heterocycles. The van der Waals surface area contributed by atoms with Crippen LogP contribution in [0.3, 0.4) is 0 Å². The van der Waals surface area contributed by atoms with E-state index >= 15 is 0 Å². The van der Waals surface area contributed by atoms with Gasteiger partial charge in [-0.3, -0.25) is 0 Å². The summed E-state index contributed by atoms with van der Waals surface area (Å²) in [4.78, 5) is 0. The fourth-order valence-corrected chi connectivity index (χ4v) is 5.43. The van der Waals surface area contributed by atoms with Gasteiger partial charge in [0.05, 0.1) is 5.41 Å². The van der Waals surface area contributed by atoms with E-state index < -0.39 is 0 Å². The molecule has 0 spiro atoms. The molecule has 0 aromatic heterocycles. The van der Waals surface area contributed by atoms with Crippen LogP contribution in [-0.4, -0.2) is 0 Å². The van der Waals surface area contributed by atoms with E-state index in [4.69, 9.17) is 0 Å². The van der Waals surface area contributed by atoms with E-state index in [9.17, 15) is 0 Å². The number of fused-ring (bicyclic) bond motifs is 3. The van der Waals surface area contributed by atoms with Gasteiger partial charge in [-0.15, -0.1) is 0 Å². The van der Waals surface area contributed by atoms with Gasteiger partial charge in [-0.05, 0) is 50.9 Å². The Morgan fingerprint density at radius 3 is 1.59 bits per heavy atom. The molecule has 0 unspecified atom stereocenters. The summed E-state index contributed by atoms with van der Waals surface area (Å²) in [6.45, 7) is 0. The van der Waals surface area contributed by atoms with Gasteiger partial charge in [-0.2, -0.15) is 0 Å². The van der Waals surface area contributed by atoms with Gasteiger partial charge < -0.3 is 0 Å². The van der Waals surface area contributed by atoms with Gasteiger partial charge in [-0.25, -0.2) is 0 Å². The third-order valence-corrected chi connectivity index (χ3v) is 6.77. The lowest BCUT2D eigenvalue weighted by Crippen LogP contribution is -2.28. The number of rotatable bonds is 4. The van der Waals surface area contributed by atoms with Crippen molar-refractivity contribution in [2.45, 2.75) is 11.8 Å². The first-order valence-corrected chi connectivity index (χ1v) is 11.3. The third-order valence-electron chi connectivity index (χ3n) is 6.77. The predicted molar refractivity (Wildman–Crippen MR) is 133 cm³/mol. The first kappa shape index (κ1) is 18.8. The predicted octanol–water partition coefficient (Wildman–Crippen LogP) is 7.64. The highest BCUT2D eigenvalue weighted by Gasteiger charge is 2.45. The van der Waals surface area contributed by atoms with Crippen LogP contribution < -0.4 is 0 Å². The summed E-state index contributed by atoms with van der Waals surface area (Å²) in [5, 5.41) is 0. The normalized spacial score (nSPS) is 13.4. The molecule has 5 aromatic rings. The molecule has 152 valence electrons. The van der Waals surface area contributed by atoms with E-state index in [1.54, 1.807) is 0 Å². The molecule has 6 rings (SSSR count). The number of hydrogen-bond donors (Lipinski definition) is 0. The molecular weight excluding hydrogens is 384 g/mol. The molecule has 0 heteroatoms. The highest BCUT2D eigenvalue weighted by molar-refractivity contribution is 5.86. The first-order valence-electron chi connectivity index (χ1n) is 11.3. The maximum atomic E-state index is 2.45. The van der Waals surface area contributed by atoms with E-state index in [1.165, 1.54) is 44.5 Å². The van der Waals surface area contributed by atoms with Gasteiger partial charge in [0.1, 0.15) is 0 Å². The number of hydrogen-bond acceptors (Lipinski definition) is 0. The molecule has 0 atom stereocenters. The molecule has 0 amide bonds. The van der Waals surface area contributed by atoms with E-state index in [2.05, 4.69) is 133 Å². The van der Waals surface area contributed by atoms with Crippen molar-refractivity contribution in [3.05, 3.63) is 167 Å². The lowest BCUT2D eigenvalue weighted by Gasteiger charge is -2.34. The van der Waals surface area contributed by atoms with E-state index in [1.807, 2.05) is 0 Å². The molecular formula is C32H24. The highest BCUT2D eigenvalue weighted by atomic mass is 14.5. The minimum atomic E-state index is -0.318. The third kappa shape index (κ3) is 2.84. The summed E-state index contributed by atoms with van der Waals surface area (Å²) in [5.74, 6) is 0. The van der Waals surface area contributed by atoms with Crippen molar-refractivity contribution < 1.29 is 0 Å². The zero-order valence-electron chi connectivity index (χ0n) is 17.9. The molecule has 0 radical (unpaired) electrons. The topological polar surface area (TPSA) is 0 Å². The largest absolute Gasteiger partial charge is 0.0713 e. The van der Waals surface area contributed by atoms with Gasteiger partial charge in [0, 0.05) is 0 Å². The molecule has 1 aliphatic rings. The Morgan fingerprint density at radius 2 is 0.938 bits per heavy atom. The van der Waals surface area contributed by atoms with Crippen molar-refractivity contribution in [1.29, 1.82) is 0 Å². The molecule has 0 nitrogen and oxygen atoms in total. The lowest BCUT2D eigenvalue weighted by molar-refractivity contribution is 0.767. The zero-order valence-corrected chi connectivity index (χ0v) is 17.9. The Balaban J connectivity index is 1.65. The van der Waals surface area contributed by atoms with Crippen molar-refractivity contribution in [3.63, 3.8) is 0 Å². The Kier molecular flexibility index (Phi) is 4.51. The first-order chi connectivity index (χ1) is 15.9. The maximum absolute atomic E-state index is 2.45. The molecule has 1 aliphatic carbocycles. The average molecular weight is 409 g/mol. The molecule has 32 heavy (non-hydrogen) atoms. The molecule has 0 bridgehead atoms. The zero-order chi connectivity index (χ0) is 21.4. The second kappa shape index (κ2) is 7.66. The highest BCUT2D eigenvalue weighted by Crippen LogP contribution is 2.56. The summed E-state index contributed by atoms with van der Waals surface area (Å²) in [5.41, 5.74) is 10.4. The Hall–Kier alpha value is -3.90. The van der Waals surface area contributed by atoms with Crippen LogP contribution in [-0.2, 0) is 11.8 Å². The summed E-state index contributed by atoms with van der Waals surface area (Å²) < 4.78 is 0. The van der Waals surface area contributed by atoms with Crippen molar-refractivity contribution in [2.75, 3.05) is 0 Å². The second-order valence-electron chi connectivity index (χ2n) is 8.57. The fourth-order valence-electron chi connectivity index (χ4n) is 5.43. The fraction of sp³-hybridized carbons (Fsp3) is 0.0625. The maximum Gasteiger partial charge on any atom is 0.0713 e. The van der Waals surface area contributed by atoms with Crippen molar-refractivity contribution in [2.24, 2.45) is 0 Å². The Morgan fingerprint density at radius 1 is 0.406 bits per heavy atom. The van der Waals surface area contributed by atoms with Gasteiger partial charge in [0.15, 0.2) is 0 Å². The number of benzene rings is 5. The molecule has 0 fully saturated rings. The summed E-state index contributed by atoms with van der Waals surface area (Å²) in [6.07, 6.45) is 0.935. The van der Waals surface area contributed by atoms with Crippen LogP contribution in [0.2, 0.25) is 0 Å². The monoisotopic (exact) mass is 408 g/mol. The SMILES string of the molecule is c1ccc(Cc2ccc3c(c2)C(c2ccccc2)(c2ccccc2)c2ccccc2-3)cc1. The lowest BCUT2D eigenvalue weighted by atomic mass is 9.67. The van der Waals surface area contributed by atoms with Crippen molar-refractivity contribution >= 4 is 0 Å². The quantitative estimate of drug-likeness (QED) is 0.281. The summed E-state index contributed by atoms with van der Waals surface area (Å²) in [7, 11) is 0. The Bertz CT molecular complexity index is 1330. The second-order valence-corrected chi connectivity index (χ2v) is 8.57. The Labute approximate surface area is 189 Å². The van der Waals surface area contributed by atoms with Gasteiger partial charge in [0.2, 0.25) is 0 Å². The minimum Gasteiger partial charge on any atom is -0.0622 e. The average Bonchev–Trinajstić information content (AvgIpc) is 3.16. The van der Waals surface area contributed by atoms with Crippen LogP contribution in [0.4, 0.5) is 0 Å². The van der Waals surface area contributed by atoms with Crippen molar-refractivity contribution in [3.8, 4) is 11.1 Å².